The predicted octanol–water partition coefficient (Wildman–Crippen LogP) is 25.5. The molecule has 0 bridgehead atoms. The van der Waals surface area contributed by atoms with Gasteiger partial charge in [-0.05, 0) is 300 Å². The lowest BCUT2D eigenvalue weighted by molar-refractivity contribution is 0.00578. The Morgan fingerprint density at radius 1 is 0.252 bits per heavy atom. The molecule has 16 aromatic rings. The third-order valence-corrected chi connectivity index (χ3v) is 30.3. The molecule has 4 saturated carbocycles. The van der Waals surface area contributed by atoms with Gasteiger partial charge < -0.3 is 18.6 Å². The highest BCUT2D eigenvalue weighted by molar-refractivity contribution is 9.10. The lowest BCUT2D eigenvalue weighted by atomic mass is 9.54. The summed E-state index contributed by atoms with van der Waals surface area (Å²) >= 11 is 3.64. The number of benzene rings is 16. The Hall–Kier alpha value is -8.91. The van der Waals surface area contributed by atoms with Crippen LogP contribution in [0.4, 0.5) is 0 Å². The highest BCUT2D eigenvalue weighted by atomic mass is 79.9. The Labute approximate surface area is 636 Å². The third-order valence-electron chi connectivity index (χ3n) is 29.6. The van der Waals surface area contributed by atoms with Crippen LogP contribution in [0.15, 0.2) is 241 Å². The molecule has 0 amide bonds. The lowest BCUT2D eigenvalue weighted by Crippen LogP contribution is -2.46. The van der Waals surface area contributed by atoms with Crippen molar-refractivity contribution in [1.29, 1.82) is 0 Å². The zero-order valence-corrected chi connectivity index (χ0v) is 64.3. The normalized spacial score (nSPS) is 23.7. The summed E-state index contributed by atoms with van der Waals surface area (Å²) in [6, 6.07) is 90.3. The molecule has 0 spiro atoms. The van der Waals surface area contributed by atoms with Gasteiger partial charge in [-0.15, -0.1) is 0 Å². The van der Waals surface area contributed by atoms with Crippen molar-refractivity contribution >= 4 is 138 Å². The molecule has 6 aliphatic carbocycles. The second-order valence-corrected chi connectivity index (χ2v) is 36.2. The van der Waals surface area contributed by atoms with Gasteiger partial charge in [0, 0.05) is 26.1 Å². The number of rotatable bonds is 4. The summed E-state index contributed by atoms with van der Waals surface area (Å²) in [4.78, 5) is 0. The standard InChI is InChI=1S/C52H36.C32H42B2O4.C16H9Br/c1-5-31-9-11-35-13-19-39(43-23-15-33(7-1)47(31)49(35)43)37-17-21-41-42-22-18-38(30-46(42)52-27-3-25-51(52,26-4-28-52)45(41)29-37)40-20-14-36-12-10-32-6-2-8-34-16-24-44(40)50(36)48(32)34;1-27(2)28(3,4)36-33(35-27)21-11-13-23-24-14-12-22(34-37-29(5,6)30(7,8)38-34)20-26(24)32-17-9-15-31(32,16-10-18-32)25(23)19-21;17-14-9-7-12-5-4-10-2-1-3-11-6-8-13(14)16(12)15(10)11/h1-2,5-24,29-30H,3-4,25-28H2;11-14,19-20H,9-10,15-18H2,1-8H3;1-9H. The molecule has 2 saturated heterocycles. The van der Waals surface area contributed by atoms with Crippen LogP contribution in [0.25, 0.3) is 141 Å². The van der Waals surface area contributed by atoms with E-state index in [0.29, 0.717) is 0 Å². The minimum absolute atomic E-state index is 0.184. The van der Waals surface area contributed by atoms with Crippen LogP contribution >= 0.6 is 15.9 Å². The maximum absolute atomic E-state index is 6.49. The van der Waals surface area contributed by atoms with Crippen LogP contribution in [0.1, 0.15) is 155 Å². The molecule has 107 heavy (non-hydrogen) atoms. The van der Waals surface area contributed by atoms with Crippen LogP contribution in [0, 0.1) is 0 Å². The topological polar surface area (TPSA) is 36.9 Å². The lowest BCUT2D eigenvalue weighted by Gasteiger charge is -2.48. The quantitative estimate of drug-likeness (QED) is 0.130. The molecule has 2 heterocycles. The van der Waals surface area contributed by atoms with Gasteiger partial charge in [-0.3, -0.25) is 0 Å². The zero-order chi connectivity index (χ0) is 72.1. The van der Waals surface area contributed by atoms with Gasteiger partial charge in [0.2, 0.25) is 0 Å². The molecule has 0 radical (unpaired) electrons. The van der Waals surface area contributed by atoms with Crippen molar-refractivity contribution in [2.75, 3.05) is 0 Å². The second kappa shape index (κ2) is 22.6. The number of halogens is 1. The van der Waals surface area contributed by atoms with E-state index in [2.05, 4.69) is 308 Å². The van der Waals surface area contributed by atoms with Gasteiger partial charge in [-0.1, -0.05) is 260 Å². The van der Waals surface area contributed by atoms with E-state index in [-0.39, 0.29) is 58.3 Å². The van der Waals surface area contributed by atoms with E-state index in [1.165, 1.54) is 234 Å². The molecule has 0 atom stereocenters. The fourth-order valence-corrected chi connectivity index (χ4v) is 23.7. The fraction of sp³-hybridized carbons (Fsp3) is 0.280. The van der Waals surface area contributed by atoms with Crippen molar-refractivity contribution in [1.82, 2.24) is 0 Å². The van der Waals surface area contributed by atoms with Crippen molar-refractivity contribution in [3.05, 3.63) is 263 Å². The first-order chi connectivity index (χ1) is 51.8. The molecule has 524 valence electrons. The number of hydrogen-bond acceptors (Lipinski definition) is 4. The van der Waals surface area contributed by atoms with E-state index in [9.17, 15) is 0 Å². The van der Waals surface area contributed by atoms with E-state index in [1.807, 2.05) is 0 Å². The van der Waals surface area contributed by atoms with Crippen molar-refractivity contribution in [3.63, 3.8) is 0 Å². The Balaban J connectivity index is 0.000000113. The molecule has 0 unspecified atom stereocenters. The van der Waals surface area contributed by atoms with E-state index in [4.69, 9.17) is 18.6 Å². The zero-order valence-electron chi connectivity index (χ0n) is 62.7. The first-order valence-electron chi connectivity index (χ1n) is 39.7. The first kappa shape index (κ1) is 65.2. The molecule has 0 N–H and O–H groups in total. The number of fused-ring (bicyclic) bond motifs is 6. The Morgan fingerprint density at radius 2 is 0.505 bits per heavy atom. The van der Waals surface area contributed by atoms with Crippen LogP contribution in [0.2, 0.25) is 0 Å². The van der Waals surface area contributed by atoms with Gasteiger partial charge >= 0.3 is 14.2 Å². The molecule has 4 nitrogen and oxygen atoms in total. The summed E-state index contributed by atoms with van der Waals surface area (Å²) in [6.07, 6.45) is 15.4. The molecule has 24 rings (SSSR count). The second-order valence-electron chi connectivity index (χ2n) is 35.4. The Morgan fingerprint density at radius 3 is 0.841 bits per heavy atom. The summed E-state index contributed by atoms with van der Waals surface area (Å²) in [7, 11) is -0.655. The molecule has 16 aromatic carbocycles. The molecule has 7 heteroatoms. The molecular formula is C100H87B2BrO4. The van der Waals surface area contributed by atoms with E-state index in [1.54, 1.807) is 11.1 Å². The summed E-state index contributed by atoms with van der Waals surface area (Å²) < 4.78 is 27.1. The van der Waals surface area contributed by atoms with Crippen molar-refractivity contribution in [3.8, 4) is 44.5 Å². The summed E-state index contributed by atoms with van der Waals surface area (Å²) in [5.41, 5.74) is 19.2. The van der Waals surface area contributed by atoms with Gasteiger partial charge in [0.15, 0.2) is 0 Å². The van der Waals surface area contributed by atoms with E-state index in [0.717, 1.165) is 10.9 Å². The molecule has 0 aromatic heterocycles. The van der Waals surface area contributed by atoms with Gasteiger partial charge in [-0.25, -0.2) is 0 Å². The van der Waals surface area contributed by atoms with Gasteiger partial charge in [0.05, 0.1) is 22.4 Å². The molecule has 6 fully saturated rings. The average Bonchev–Trinajstić information content (AvgIpc) is 1.54. The fourth-order valence-electron chi connectivity index (χ4n) is 23.3. The predicted molar refractivity (Wildman–Crippen MR) is 453 cm³/mol. The first-order valence-corrected chi connectivity index (χ1v) is 40.5. The largest absolute Gasteiger partial charge is 0.494 e. The Kier molecular flexibility index (Phi) is 13.8. The summed E-state index contributed by atoms with van der Waals surface area (Å²) in [6.45, 7) is 17.1. The van der Waals surface area contributed by atoms with Gasteiger partial charge in [-0.2, -0.15) is 0 Å². The van der Waals surface area contributed by atoms with Crippen LogP contribution in [-0.2, 0) is 40.3 Å². The van der Waals surface area contributed by atoms with Crippen molar-refractivity contribution in [2.45, 2.75) is 177 Å². The maximum Gasteiger partial charge on any atom is 0.494 e. The highest BCUT2D eigenvalue weighted by Gasteiger charge is 2.65. The summed E-state index contributed by atoms with van der Waals surface area (Å²) in [5.74, 6) is 0. The summed E-state index contributed by atoms with van der Waals surface area (Å²) in [5, 5.41) is 24.3. The maximum atomic E-state index is 6.49. The van der Waals surface area contributed by atoms with Crippen LogP contribution < -0.4 is 10.9 Å². The molecule has 2 aliphatic heterocycles. The molecule has 8 aliphatic rings. The van der Waals surface area contributed by atoms with E-state index >= 15 is 0 Å². The SMILES string of the molecule is Brc1ccc2ccc3cccc4ccc1c2c34.CC1(C)OB(c2ccc3c(c2)C24CCCC2(CCC4)c2cc(B4OC(C)(C)C(C)(C)O4)ccc2-3)OC1(C)C.c1cc2ccc3ccc(-c4ccc5c(c4)C46CCCC4(CCC6)c4cc(-c6ccc7ccc8cccc9ccc6c7c89)ccc4-5)c4ccc(c1)c2c34. The van der Waals surface area contributed by atoms with Crippen LogP contribution in [0.3, 0.4) is 0 Å². The molecular weight excluding hydrogens is 1370 g/mol. The minimum Gasteiger partial charge on any atom is -0.399 e. The van der Waals surface area contributed by atoms with Gasteiger partial charge in [0.25, 0.3) is 0 Å². The average molecular weight is 1450 g/mol. The highest BCUT2D eigenvalue weighted by Crippen LogP contribution is 2.71. The minimum atomic E-state index is -0.340. The Bertz CT molecular complexity index is 6030. The van der Waals surface area contributed by atoms with Crippen molar-refractivity contribution in [2.24, 2.45) is 0 Å². The number of hydrogen-bond donors (Lipinski definition) is 0. The van der Waals surface area contributed by atoms with Crippen LogP contribution in [0.5, 0.6) is 0 Å². The third kappa shape index (κ3) is 8.90. The smallest absolute Gasteiger partial charge is 0.399 e. The van der Waals surface area contributed by atoms with E-state index < -0.39 is 0 Å². The van der Waals surface area contributed by atoms with Crippen LogP contribution in [-0.4, -0.2) is 36.6 Å². The van der Waals surface area contributed by atoms with Gasteiger partial charge in [0.1, 0.15) is 0 Å². The van der Waals surface area contributed by atoms with Crippen molar-refractivity contribution < 1.29 is 18.6 Å². The monoisotopic (exact) mass is 1450 g/mol.